The second kappa shape index (κ2) is 6.67. The number of carbonyl (C=O) groups excluding carboxylic acids is 1. The summed E-state index contributed by atoms with van der Waals surface area (Å²) in [5.74, 6) is 0.399. The van der Waals surface area contributed by atoms with Gasteiger partial charge in [0.2, 0.25) is 6.79 Å². The van der Waals surface area contributed by atoms with Crippen molar-refractivity contribution in [3.8, 4) is 11.5 Å². The Balaban J connectivity index is 1.79. The smallest absolute Gasteiger partial charge is 0.416 e. The molecule has 0 bridgehead atoms. The van der Waals surface area contributed by atoms with E-state index in [2.05, 4.69) is 0 Å². The lowest BCUT2D eigenvalue weighted by Gasteiger charge is -2.24. The molecule has 0 saturated heterocycles. The van der Waals surface area contributed by atoms with Gasteiger partial charge in [-0.1, -0.05) is 13.0 Å². The predicted octanol–water partition coefficient (Wildman–Crippen LogP) is 4.97. The van der Waals surface area contributed by atoms with E-state index in [0.29, 0.717) is 29.4 Å². The summed E-state index contributed by atoms with van der Waals surface area (Å²) in [6.07, 6.45) is -3.81. The zero-order valence-corrected chi connectivity index (χ0v) is 15.2. The highest BCUT2D eigenvalue weighted by Crippen LogP contribution is 2.43. The lowest BCUT2D eigenvalue weighted by atomic mass is 10.1. The fourth-order valence-corrected chi connectivity index (χ4v) is 4.26. The van der Waals surface area contributed by atoms with E-state index in [1.165, 1.54) is 22.7 Å². The van der Waals surface area contributed by atoms with Gasteiger partial charge in [-0.05, 0) is 36.8 Å². The molecule has 2 aromatic carbocycles. The number of anilines is 1. The molecule has 2 heterocycles. The molecule has 0 N–H and O–H groups in total. The summed E-state index contributed by atoms with van der Waals surface area (Å²) >= 11 is 1.48. The van der Waals surface area contributed by atoms with E-state index in [9.17, 15) is 18.0 Å². The lowest BCUT2D eigenvalue weighted by molar-refractivity contribution is -0.137. The Bertz CT molecular complexity index is 900. The van der Waals surface area contributed by atoms with Crippen LogP contribution in [0.5, 0.6) is 11.5 Å². The van der Waals surface area contributed by atoms with Gasteiger partial charge < -0.3 is 14.4 Å². The van der Waals surface area contributed by atoms with Crippen LogP contribution in [0.25, 0.3) is 0 Å². The highest BCUT2D eigenvalue weighted by atomic mass is 32.2. The monoisotopic (exact) mass is 395 g/mol. The first-order chi connectivity index (χ1) is 12.8. The van der Waals surface area contributed by atoms with Gasteiger partial charge in [0.15, 0.2) is 11.5 Å². The SMILES string of the molecule is CC1CCN(C(=O)c2cccc3c2OCO3)c2cc(C(F)(F)F)ccc2S1. The number of thioether (sulfide) groups is 1. The first-order valence-corrected chi connectivity index (χ1v) is 9.31. The van der Waals surface area contributed by atoms with Crippen LogP contribution in [0.15, 0.2) is 41.3 Å². The van der Waals surface area contributed by atoms with Gasteiger partial charge in [0.05, 0.1) is 16.8 Å². The molecular formula is C19H16F3NO3S. The zero-order valence-electron chi connectivity index (χ0n) is 14.4. The molecule has 2 aliphatic rings. The number of ether oxygens (including phenoxy) is 2. The van der Waals surface area contributed by atoms with Gasteiger partial charge in [0.25, 0.3) is 5.91 Å². The number of halogens is 3. The summed E-state index contributed by atoms with van der Waals surface area (Å²) in [4.78, 5) is 15.3. The number of carbonyl (C=O) groups is 1. The Morgan fingerprint density at radius 3 is 2.81 bits per heavy atom. The molecule has 2 aromatic rings. The van der Waals surface area contributed by atoms with Crippen LogP contribution in [0, 0.1) is 0 Å². The maximum Gasteiger partial charge on any atom is 0.416 e. The molecule has 142 valence electrons. The summed E-state index contributed by atoms with van der Waals surface area (Å²) in [5.41, 5.74) is -0.208. The van der Waals surface area contributed by atoms with E-state index in [-0.39, 0.29) is 23.3 Å². The Kier molecular flexibility index (Phi) is 4.46. The van der Waals surface area contributed by atoms with Gasteiger partial charge in [-0.25, -0.2) is 0 Å². The van der Waals surface area contributed by atoms with Gasteiger partial charge in [-0.15, -0.1) is 11.8 Å². The quantitative estimate of drug-likeness (QED) is 0.684. The maximum atomic E-state index is 13.2. The van der Waals surface area contributed by atoms with E-state index in [1.54, 1.807) is 18.2 Å². The van der Waals surface area contributed by atoms with Crippen LogP contribution >= 0.6 is 11.8 Å². The highest BCUT2D eigenvalue weighted by Gasteiger charge is 2.34. The normalized spacial score (nSPS) is 18.8. The Morgan fingerprint density at radius 1 is 1.22 bits per heavy atom. The number of nitrogens with zero attached hydrogens (tertiary/aromatic N) is 1. The molecule has 0 fully saturated rings. The van der Waals surface area contributed by atoms with E-state index in [4.69, 9.17) is 9.47 Å². The van der Waals surface area contributed by atoms with Crippen LogP contribution in [0.1, 0.15) is 29.3 Å². The van der Waals surface area contributed by atoms with Crippen molar-refractivity contribution in [2.75, 3.05) is 18.2 Å². The fraction of sp³-hybridized carbons (Fsp3) is 0.316. The Hall–Kier alpha value is -2.35. The van der Waals surface area contributed by atoms with Gasteiger partial charge in [-0.3, -0.25) is 4.79 Å². The van der Waals surface area contributed by atoms with Crippen molar-refractivity contribution >= 4 is 23.4 Å². The number of amides is 1. The molecule has 0 spiro atoms. The third-order valence-corrected chi connectivity index (χ3v) is 5.77. The van der Waals surface area contributed by atoms with Crippen LogP contribution in [0.3, 0.4) is 0 Å². The average Bonchev–Trinajstić information content (AvgIpc) is 3.03. The Morgan fingerprint density at radius 2 is 2.04 bits per heavy atom. The van der Waals surface area contributed by atoms with Crippen LogP contribution < -0.4 is 14.4 Å². The molecule has 0 aromatic heterocycles. The van der Waals surface area contributed by atoms with Gasteiger partial charge in [0.1, 0.15) is 0 Å². The van der Waals surface area contributed by atoms with Crippen molar-refractivity contribution in [3.05, 3.63) is 47.5 Å². The van der Waals surface area contributed by atoms with Gasteiger partial charge in [-0.2, -0.15) is 13.2 Å². The topological polar surface area (TPSA) is 38.8 Å². The summed E-state index contributed by atoms with van der Waals surface area (Å²) < 4.78 is 50.4. The van der Waals surface area contributed by atoms with Crippen molar-refractivity contribution in [2.24, 2.45) is 0 Å². The summed E-state index contributed by atoms with van der Waals surface area (Å²) in [7, 11) is 0. The van der Waals surface area contributed by atoms with Gasteiger partial charge in [0, 0.05) is 16.7 Å². The minimum absolute atomic E-state index is 0.0152. The number of alkyl halides is 3. The van der Waals surface area contributed by atoms with Crippen molar-refractivity contribution < 1.29 is 27.4 Å². The average molecular weight is 395 g/mol. The second-order valence-electron chi connectivity index (χ2n) is 6.39. The molecule has 0 saturated carbocycles. The van der Waals surface area contributed by atoms with Crippen molar-refractivity contribution in [2.45, 2.75) is 29.7 Å². The number of rotatable bonds is 1. The first kappa shape index (κ1) is 18.0. The minimum atomic E-state index is -4.47. The van der Waals surface area contributed by atoms with Crippen LogP contribution in [0.2, 0.25) is 0 Å². The van der Waals surface area contributed by atoms with Crippen molar-refractivity contribution in [1.29, 1.82) is 0 Å². The molecule has 4 rings (SSSR count). The lowest BCUT2D eigenvalue weighted by Crippen LogP contribution is -2.32. The number of fused-ring (bicyclic) bond motifs is 2. The largest absolute Gasteiger partial charge is 0.454 e. The number of hydrogen-bond acceptors (Lipinski definition) is 4. The molecule has 4 nitrogen and oxygen atoms in total. The van der Waals surface area contributed by atoms with E-state index in [0.717, 1.165) is 12.1 Å². The van der Waals surface area contributed by atoms with E-state index >= 15 is 0 Å². The van der Waals surface area contributed by atoms with Crippen molar-refractivity contribution in [3.63, 3.8) is 0 Å². The van der Waals surface area contributed by atoms with Crippen LogP contribution in [0.4, 0.5) is 18.9 Å². The number of para-hydroxylation sites is 1. The molecule has 1 atom stereocenters. The second-order valence-corrected chi connectivity index (χ2v) is 7.87. The predicted molar refractivity (Wildman–Crippen MR) is 95.6 cm³/mol. The summed E-state index contributed by atoms with van der Waals surface area (Å²) in [5, 5.41) is 0.180. The fourth-order valence-electron chi connectivity index (χ4n) is 3.17. The minimum Gasteiger partial charge on any atom is -0.454 e. The highest BCUT2D eigenvalue weighted by molar-refractivity contribution is 8.00. The van der Waals surface area contributed by atoms with E-state index in [1.807, 2.05) is 6.92 Å². The third-order valence-electron chi connectivity index (χ3n) is 4.54. The molecule has 27 heavy (non-hydrogen) atoms. The standard InChI is InChI=1S/C19H16F3NO3S/c1-11-7-8-23(14-9-12(19(20,21)22)5-6-16(14)27-11)18(24)13-3-2-4-15-17(13)26-10-25-15/h2-6,9,11H,7-8,10H2,1H3. The van der Waals surface area contributed by atoms with Gasteiger partial charge >= 0.3 is 6.18 Å². The Labute approximate surface area is 158 Å². The molecule has 1 amide bonds. The zero-order chi connectivity index (χ0) is 19.2. The third kappa shape index (κ3) is 3.34. The summed E-state index contributed by atoms with van der Waals surface area (Å²) in [6, 6.07) is 8.52. The van der Waals surface area contributed by atoms with Crippen LogP contribution in [-0.4, -0.2) is 24.5 Å². The number of benzene rings is 2. The maximum absolute atomic E-state index is 13.2. The molecule has 1 unspecified atom stereocenters. The molecular weight excluding hydrogens is 379 g/mol. The van der Waals surface area contributed by atoms with Crippen LogP contribution in [-0.2, 0) is 6.18 Å². The molecule has 2 aliphatic heterocycles. The number of hydrogen-bond donors (Lipinski definition) is 0. The molecule has 8 heteroatoms. The van der Waals surface area contributed by atoms with E-state index < -0.39 is 17.6 Å². The molecule has 0 aliphatic carbocycles. The first-order valence-electron chi connectivity index (χ1n) is 8.43. The summed E-state index contributed by atoms with van der Waals surface area (Å²) in [6.45, 7) is 2.34. The van der Waals surface area contributed by atoms with Crippen molar-refractivity contribution in [1.82, 2.24) is 0 Å². The molecule has 0 radical (unpaired) electrons.